The topological polar surface area (TPSA) is 26.0 Å². The van der Waals surface area contributed by atoms with Crippen LogP contribution in [0.15, 0.2) is 53.4 Å². The fourth-order valence-electron chi connectivity index (χ4n) is 1.92. The molecule has 1 atom stereocenters. The lowest BCUT2D eigenvalue weighted by Crippen LogP contribution is -2.06. The summed E-state index contributed by atoms with van der Waals surface area (Å²) in [6.07, 6.45) is 0. The Balaban J connectivity index is 2.14. The van der Waals surface area contributed by atoms with Crippen molar-refractivity contribution >= 4 is 11.8 Å². The Hall–Kier alpha value is -1.25. The van der Waals surface area contributed by atoms with Gasteiger partial charge in [0.15, 0.2) is 0 Å². The summed E-state index contributed by atoms with van der Waals surface area (Å²) in [5, 5.41) is 0. The maximum atomic E-state index is 6.00. The van der Waals surface area contributed by atoms with E-state index in [1.807, 2.05) is 18.7 Å². The van der Waals surface area contributed by atoms with Gasteiger partial charge in [0.25, 0.3) is 0 Å². The average molecular weight is 257 g/mol. The average Bonchev–Trinajstić information content (AvgIpc) is 2.38. The molecule has 94 valence electrons. The highest BCUT2D eigenvalue weighted by Crippen LogP contribution is 2.29. The van der Waals surface area contributed by atoms with Gasteiger partial charge in [0.05, 0.1) is 0 Å². The summed E-state index contributed by atoms with van der Waals surface area (Å²) >= 11 is 1.86. The predicted molar refractivity (Wildman–Crippen MR) is 79.8 cm³/mol. The Kier molecular flexibility index (Phi) is 4.45. The zero-order valence-corrected chi connectivity index (χ0v) is 11.7. The number of benzene rings is 2. The zero-order chi connectivity index (χ0) is 13.0. The van der Waals surface area contributed by atoms with E-state index >= 15 is 0 Å². The molecule has 1 nitrogen and oxygen atoms in total. The van der Waals surface area contributed by atoms with E-state index in [4.69, 9.17) is 5.73 Å². The molecule has 0 aliphatic rings. The largest absolute Gasteiger partial charge is 0.324 e. The van der Waals surface area contributed by atoms with Crippen LogP contribution >= 0.6 is 11.8 Å². The maximum Gasteiger partial charge on any atom is 0.0277 e. The Labute approximate surface area is 113 Å². The van der Waals surface area contributed by atoms with Gasteiger partial charge >= 0.3 is 0 Å². The summed E-state index contributed by atoms with van der Waals surface area (Å²) in [5.74, 6) is 0.996. The van der Waals surface area contributed by atoms with Gasteiger partial charge in [0.1, 0.15) is 0 Å². The predicted octanol–water partition coefficient (Wildman–Crippen LogP) is 4.31. The van der Waals surface area contributed by atoms with E-state index in [-0.39, 0.29) is 6.04 Å². The van der Waals surface area contributed by atoms with E-state index in [0.717, 1.165) is 5.75 Å². The number of nitrogens with two attached hydrogens (primary N) is 1. The quantitative estimate of drug-likeness (QED) is 0.826. The molecule has 1 unspecified atom stereocenters. The molecule has 2 rings (SSSR count). The highest BCUT2D eigenvalue weighted by atomic mass is 32.2. The van der Waals surface area contributed by atoms with Crippen LogP contribution in [0.1, 0.15) is 29.7 Å². The molecule has 0 fully saturated rings. The molecule has 0 aliphatic heterocycles. The van der Waals surface area contributed by atoms with Crippen LogP contribution in [0, 0.1) is 6.92 Å². The van der Waals surface area contributed by atoms with Crippen LogP contribution in [0.2, 0.25) is 0 Å². The molecule has 0 spiro atoms. The van der Waals surface area contributed by atoms with Crippen LogP contribution in [0.25, 0.3) is 0 Å². The van der Waals surface area contributed by atoms with Gasteiger partial charge in [0.2, 0.25) is 0 Å². The van der Waals surface area contributed by atoms with Gasteiger partial charge in [-0.2, -0.15) is 0 Å². The Morgan fingerprint density at radius 1 is 1.06 bits per heavy atom. The number of rotatable bonds is 4. The molecule has 0 amide bonds. The van der Waals surface area contributed by atoms with Crippen LogP contribution in [0.3, 0.4) is 0 Å². The Morgan fingerprint density at radius 3 is 2.44 bits per heavy atom. The second kappa shape index (κ2) is 6.07. The second-order valence-electron chi connectivity index (χ2n) is 4.54. The SMILES string of the molecule is Cc1ccccc1CSc1ccccc1C(C)N. The first-order valence-electron chi connectivity index (χ1n) is 6.20. The highest BCUT2D eigenvalue weighted by molar-refractivity contribution is 7.98. The lowest BCUT2D eigenvalue weighted by atomic mass is 10.1. The van der Waals surface area contributed by atoms with E-state index in [9.17, 15) is 0 Å². The van der Waals surface area contributed by atoms with Gasteiger partial charge in [-0.15, -0.1) is 11.8 Å². The fraction of sp³-hybridized carbons (Fsp3) is 0.250. The number of hydrogen-bond acceptors (Lipinski definition) is 2. The highest BCUT2D eigenvalue weighted by Gasteiger charge is 2.07. The van der Waals surface area contributed by atoms with Gasteiger partial charge in [-0.25, -0.2) is 0 Å². The minimum Gasteiger partial charge on any atom is -0.324 e. The zero-order valence-electron chi connectivity index (χ0n) is 10.9. The van der Waals surface area contributed by atoms with Crippen molar-refractivity contribution in [3.05, 3.63) is 65.2 Å². The minimum atomic E-state index is 0.0885. The molecule has 2 aromatic rings. The third kappa shape index (κ3) is 3.15. The van der Waals surface area contributed by atoms with Crippen molar-refractivity contribution < 1.29 is 0 Å². The summed E-state index contributed by atoms with van der Waals surface area (Å²) in [4.78, 5) is 1.29. The molecular weight excluding hydrogens is 238 g/mol. The maximum absolute atomic E-state index is 6.00. The smallest absolute Gasteiger partial charge is 0.0277 e. The number of thioether (sulfide) groups is 1. The molecule has 0 aromatic heterocycles. The molecule has 2 aromatic carbocycles. The summed E-state index contributed by atoms with van der Waals surface area (Å²) in [5.41, 5.74) is 9.97. The first kappa shape index (κ1) is 13.2. The summed E-state index contributed by atoms with van der Waals surface area (Å²) < 4.78 is 0. The molecule has 0 heterocycles. The lowest BCUT2D eigenvalue weighted by Gasteiger charge is -2.12. The van der Waals surface area contributed by atoms with Crippen LogP contribution in [0.4, 0.5) is 0 Å². The standard InChI is InChI=1S/C16H19NS/c1-12-7-3-4-8-14(12)11-18-16-10-6-5-9-15(16)13(2)17/h3-10,13H,11,17H2,1-2H3. The third-order valence-corrected chi connectivity index (χ3v) is 4.19. The molecule has 0 bridgehead atoms. The molecule has 2 heteroatoms. The molecule has 2 N–H and O–H groups in total. The Bertz CT molecular complexity index is 520. The van der Waals surface area contributed by atoms with Crippen molar-refractivity contribution in [2.75, 3.05) is 0 Å². The van der Waals surface area contributed by atoms with Crippen molar-refractivity contribution in [2.45, 2.75) is 30.5 Å². The van der Waals surface area contributed by atoms with E-state index in [0.29, 0.717) is 0 Å². The first-order chi connectivity index (χ1) is 8.68. The van der Waals surface area contributed by atoms with Crippen LogP contribution in [0.5, 0.6) is 0 Å². The van der Waals surface area contributed by atoms with E-state index in [1.54, 1.807) is 0 Å². The fourth-order valence-corrected chi connectivity index (χ4v) is 3.15. The summed E-state index contributed by atoms with van der Waals surface area (Å²) in [7, 11) is 0. The van der Waals surface area contributed by atoms with Gasteiger partial charge < -0.3 is 5.73 Å². The molecular formula is C16H19NS. The monoisotopic (exact) mass is 257 g/mol. The molecule has 0 radical (unpaired) electrons. The van der Waals surface area contributed by atoms with Crippen LogP contribution in [-0.4, -0.2) is 0 Å². The number of aryl methyl sites for hydroxylation is 1. The van der Waals surface area contributed by atoms with Gasteiger partial charge in [-0.3, -0.25) is 0 Å². The van der Waals surface area contributed by atoms with Crippen molar-refractivity contribution in [2.24, 2.45) is 5.73 Å². The normalized spacial score (nSPS) is 12.4. The molecule has 0 saturated heterocycles. The molecule has 0 aliphatic carbocycles. The van der Waals surface area contributed by atoms with E-state index in [1.165, 1.54) is 21.6 Å². The van der Waals surface area contributed by atoms with Crippen molar-refractivity contribution in [3.63, 3.8) is 0 Å². The van der Waals surface area contributed by atoms with Gasteiger partial charge in [0, 0.05) is 16.7 Å². The first-order valence-corrected chi connectivity index (χ1v) is 7.19. The van der Waals surface area contributed by atoms with Gasteiger partial charge in [-0.1, -0.05) is 42.5 Å². The summed E-state index contributed by atoms with van der Waals surface area (Å²) in [6, 6.07) is 17.0. The third-order valence-electron chi connectivity index (χ3n) is 3.05. The van der Waals surface area contributed by atoms with Gasteiger partial charge in [-0.05, 0) is 36.6 Å². The van der Waals surface area contributed by atoms with Crippen LogP contribution in [-0.2, 0) is 5.75 Å². The van der Waals surface area contributed by atoms with Crippen molar-refractivity contribution in [1.29, 1.82) is 0 Å². The van der Waals surface area contributed by atoms with Crippen LogP contribution < -0.4 is 5.73 Å². The van der Waals surface area contributed by atoms with E-state index < -0.39 is 0 Å². The van der Waals surface area contributed by atoms with Crippen molar-refractivity contribution in [3.8, 4) is 0 Å². The van der Waals surface area contributed by atoms with Crippen molar-refractivity contribution in [1.82, 2.24) is 0 Å². The minimum absolute atomic E-state index is 0.0885. The number of hydrogen-bond donors (Lipinski definition) is 1. The summed E-state index contributed by atoms with van der Waals surface area (Å²) in [6.45, 7) is 4.19. The molecule has 18 heavy (non-hydrogen) atoms. The lowest BCUT2D eigenvalue weighted by molar-refractivity contribution is 0.797. The van der Waals surface area contributed by atoms with E-state index in [2.05, 4.69) is 55.5 Å². The molecule has 0 saturated carbocycles. The second-order valence-corrected chi connectivity index (χ2v) is 5.56. The Morgan fingerprint density at radius 2 is 1.72 bits per heavy atom.